The summed E-state index contributed by atoms with van der Waals surface area (Å²) in [5.41, 5.74) is 7.54. The van der Waals surface area contributed by atoms with Crippen LogP contribution >= 0.6 is 23.6 Å². The standard InChI is InChI=1S/C20H21N5OS2/c26-19(22-23-20(27)21-14-7-4-5-8-14)16-13-25(15-9-2-1-3-10-15)24-18(16)17-11-6-12-28-17/h1-3,6,9-14H,4-5,7-8H2,(H,22,26)(H2,21,23,27). The molecule has 2 aromatic heterocycles. The molecule has 0 saturated heterocycles. The molecule has 0 atom stereocenters. The van der Waals surface area contributed by atoms with Gasteiger partial charge in [0, 0.05) is 12.2 Å². The van der Waals surface area contributed by atoms with Gasteiger partial charge in [-0.05, 0) is 48.6 Å². The molecule has 0 bridgehead atoms. The number of thiocarbonyl (C=S) groups is 1. The lowest BCUT2D eigenvalue weighted by Crippen LogP contribution is -2.49. The second-order valence-electron chi connectivity index (χ2n) is 6.68. The lowest BCUT2D eigenvalue weighted by molar-refractivity contribution is 0.0944. The van der Waals surface area contributed by atoms with Crippen LogP contribution in [0.25, 0.3) is 16.3 Å². The smallest absolute Gasteiger partial charge is 0.273 e. The van der Waals surface area contributed by atoms with Gasteiger partial charge in [-0.3, -0.25) is 15.6 Å². The van der Waals surface area contributed by atoms with Crippen LogP contribution in [0.4, 0.5) is 0 Å². The number of rotatable bonds is 4. The van der Waals surface area contributed by atoms with Crippen LogP contribution in [-0.4, -0.2) is 26.8 Å². The van der Waals surface area contributed by atoms with Gasteiger partial charge in [-0.2, -0.15) is 5.10 Å². The van der Waals surface area contributed by atoms with Gasteiger partial charge in [0.15, 0.2) is 5.11 Å². The van der Waals surface area contributed by atoms with Crippen LogP contribution in [0, 0.1) is 0 Å². The molecule has 1 aromatic carbocycles. The molecule has 1 amide bonds. The Hall–Kier alpha value is -2.71. The number of benzene rings is 1. The van der Waals surface area contributed by atoms with Crippen molar-refractivity contribution < 1.29 is 4.79 Å². The van der Waals surface area contributed by atoms with E-state index in [0.717, 1.165) is 23.4 Å². The molecule has 3 aromatic rings. The molecule has 0 spiro atoms. The average molecular weight is 412 g/mol. The lowest BCUT2D eigenvalue weighted by atomic mass is 10.2. The number of hydrogen-bond acceptors (Lipinski definition) is 4. The van der Waals surface area contributed by atoms with E-state index in [-0.39, 0.29) is 5.91 Å². The van der Waals surface area contributed by atoms with Gasteiger partial charge < -0.3 is 5.32 Å². The van der Waals surface area contributed by atoms with E-state index in [1.807, 2.05) is 47.8 Å². The maximum absolute atomic E-state index is 12.8. The summed E-state index contributed by atoms with van der Waals surface area (Å²) in [5, 5.41) is 10.3. The van der Waals surface area contributed by atoms with Gasteiger partial charge in [0.2, 0.25) is 0 Å². The van der Waals surface area contributed by atoms with Crippen LogP contribution < -0.4 is 16.2 Å². The highest BCUT2D eigenvalue weighted by Crippen LogP contribution is 2.27. The second kappa shape index (κ2) is 8.53. The van der Waals surface area contributed by atoms with Gasteiger partial charge >= 0.3 is 0 Å². The Morgan fingerprint density at radius 1 is 1.11 bits per heavy atom. The highest BCUT2D eigenvalue weighted by Gasteiger charge is 2.20. The van der Waals surface area contributed by atoms with Crippen LogP contribution in [0.2, 0.25) is 0 Å². The summed E-state index contributed by atoms with van der Waals surface area (Å²) in [6.07, 6.45) is 6.41. The van der Waals surface area contributed by atoms with Crippen molar-refractivity contribution in [3.63, 3.8) is 0 Å². The van der Waals surface area contributed by atoms with Crippen molar-refractivity contribution >= 4 is 34.6 Å². The molecule has 8 heteroatoms. The Labute approximate surface area is 172 Å². The number of aromatic nitrogens is 2. The molecule has 1 aliphatic rings. The molecule has 4 rings (SSSR count). The van der Waals surface area contributed by atoms with E-state index >= 15 is 0 Å². The Kier molecular flexibility index (Phi) is 5.68. The highest BCUT2D eigenvalue weighted by atomic mass is 32.1. The van der Waals surface area contributed by atoms with Crippen molar-refractivity contribution in [3.05, 3.63) is 59.6 Å². The topological polar surface area (TPSA) is 71.0 Å². The maximum atomic E-state index is 12.8. The average Bonchev–Trinajstić information content (AvgIpc) is 3.47. The van der Waals surface area contributed by atoms with E-state index in [0.29, 0.717) is 22.4 Å². The minimum Gasteiger partial charge on any atom is -0.359 e. The summed E-state index contributed by atoms with van der Waals surface area (Å²) in [6.45, 7) is 0. The quantitative estimate of drug-likeness (QED) is 0.452. The Morgan fingerprint density at radius 2 is 1.89 bits per heavy atom. The molecule has 1 aliphatic carbocycles. The number of para-hydroxylation sites is 1. The molecule has 2 heterocycles. The molecule has 3 N–H and O–H groups in total. The third kappa shape index (κ3) is 4.23. The zero-order valence-corrected chi connectivity index (χ0v) is 16.9. The van der Waals surface area contributed by atoms with Gasteiger partial charge in [0.25, 0.3) is 5.91 Å². The number of amides is 1. The van der Waals surface area contributed by atoms with Crippen LogP contribution in [-0.2, 0) is 0 Å². The van der Waals surface area contributed by atoms with Crippen LogP contribution in [0.15, 0.2) is 54.0 Å². The predicted octanol–water partition coefficient (Wildman–Crippen LogP) is 3.65. The maximum Gasteiger partial charge on any atom is 0.273 e. The Morgan fingerprint density at radius 3 is 2.61 bits per heavy atom. The van der Waals surface area contributed by atoms with Crippen molar-refractivity contribution in [1.82, 2.24) is 25.9 Å². The van der Waals surface area contributed by atoms with E-state index in [1.54, 1.807) is 22.2 Å². The third-order valence-corrected chi connectivity index (χ3v) is 5.81. The fourth-order valence-corrected chi connectivity index (χ4v) is 4.26. The summed E-state index contributed by atoms with van der Waals surface area (Å²) in [6, 6.07) is 14.0. The van der Waals surface area contributed by atoms with Gasteiger partial charge in [-0.15, -0.1) is 11.3 Å². The first-order chi connectivity index (χ1) is 13.7. The number of carbonyl (C=O) groups is 1. The van der Waals surface area contributed by atoms with Crippen molar-refractivity contribution in [2.45, 2.75) is 31.7 Å². The minimum absolute atomic E-state index is 0.277. The SMILES string of the molecule is O=C(NNC(=S)NC1CCCC1)c1cn(-c2ccccc2)nc1-c1cccs1. The number of thiophene rings is 1. The first kappa shape index (κ1) is 18.6. The second-order valence-corrected chi connectivity index (χ2v) is 8.04. The van der Waals surface area contributed by atoms with E-state index < -0.39 is 0 Å². The van der Waals surface area contributed by atoms with Gasteiger partial charge in [-0.25, -0.2) is 4.68 Å². The monoisotopic (exact) mass is 411 g/mol. The van der Waals surface area contributed by atoms with E-state index in [2.05, 4.69) is 21.3 Å². The fraction of sp³-hybridized carbons (Fsp3) is 0.250. The summed E-state index contributed by atoms with van der Waals surface area (Å²) in [7, 11) is 0. The summed E-state index contributed by atoms with van der Waals surface area (Å²) >= 11 is 6.85. The molecule has 0 aliphatic heterocycles. The molecule has 1 fully saturated rings. The van der Waals surface area contributed by atoms with E-state index in [9.17, 15) is 4.79 Å². The van der Waals surface area contributed by atoms with Gasteiger partial charge in [0.05, 0.1) is 16.1 Å². The molecule has 0 unspecified atom stereocenters. The number of carbonyl (C=O) groups excluding carboxylic acids is 1. The zero-order chi connectivity index (χ0) is 19.3. The molecular formula is C20H21N5OS2. The molecular weight excluding hydrogens is 390 g/mol. The van der Waals surface area contributed by atoms with Gasteiger partial charge in [0.1, 0.15) is 5.69 Å². The van der Waals surface area contributed by atoms with E-state index in [4.69, 9.17) is 12.2 Å². The van der Waals surface area contributed by atoms with Gasteiger partial charge in [-0.1, -0.05) is 37.1 Å². The van der Waals surface area contributed by atoms with Crippen LogP contribution in [0.1, 0.15) is 36.0 Å². The third-order valence-electron chi connectivity index (χ3n) is 4.71. The van der Waals surface area contributed by atoms with Crippen LogP contribution in [0.3, 0.4) is 0 Å². The van der Waals surface area contributed by atoms with Crippen molar-refractivity contribution in [2.75, 3.05) is 0 Å². The van der Waals surface area contributed by atoms with Crippen molar-refractivity contribution in [2.24, 2.45) is 0 Å². The molecule has 28 heavy (non-hydrogen) atoms. The van der Waals surface area contributed by atoms with E-state index in [1.165, 1.54) is 12.8 Å². The van der Waals surface area contributed by atoms with Crippen molar-refractivity contribution in [1.29, 1.82) is 0 Å². The molecule has 1 saturated carbocycles. The molecule has 144 valence electrons. The number of hydrazine groups is 1. The molecule has 6 nitrogen and oxygen atoms in total. The fourth-order valence-electron chi connectivity index (χ4n) is 3.32. The lowest BCUT2D eigenvalue weighted by Gasteiger charge is -2.16. The largest absolute Gasteiger partial charge is 0.359 e. The number of nitrogens with one attached hydrogen (secondary N) is 3. The highest BCUT2D eigenvalue weighted by molar-refractivity contribution is 7.80. The van der Waals surface area contributed by atoms with Crippen molar-refractivity contribution in [3.8, 4) is 16.3 Å². The minimum atomic E-state index is -0.277. The summed E-state index contributed by atoms with van der Waals surface area (Å²) < 4.78 is 1.72. The first-order valence-electron chi connectivity index (χ1n) is 9.26. The Bertz CT molecular complexity index is 946. The van der Waals surface area contributed by atoms with Crippen LogP contribution in [0.5, 0.6) is 0 Å². The first-order valence-corrected chi connectivity index (χ1v) is 10.6. The summed E-state index contributed by atoms with van der Waals surface area (Å²) in [4.78, 5) is 13.8. The Balaban J connectivity index is 1.51. The predicted molar refractivity (Wildman–Crippen MR) is 115 cm³/mol. The summed E-state index contributed by atoms with van der Waals surface area (Å²) in [5.74, 6) is -0.277. The number of nitrogens with zero attached hydrogens (tertiary/aromatic N) is 2. The zero-order valence-electron chi connectivity index (χ0n) is 15.2. The number of hydrogen-bond donors (Lipinski definition) is 3. The molecule has 0 radical (unpaired) electrons. The normalized spacial score (nSPS) is 14.0.